The number of nitrogens with one attached hydrogen (secondary N) is 1. The summed E-state index contributed by atoms with van der Waals surface area (Å²) >= 11 is 0. The number of hydrogen-bond acceptors (Lipinski definition) is 17. The maximum absolute atomic E-state index is 11.4. The van der Waals surface area contributed by atoms with Gasteiger partial charge in [0.15, 0.2) is 17.5 Å². The Morgan fingerprint density at radius 3 is 1.56 bits per heavy atom. The Hall–Kier alpha value is -7.19. The minimum absolute atomic E-state index is 0.0816. The third-order valence-electron chi connectivity index (χ3n) is 13.8. The summed E-state index contributed by atoms with van der Waals surface area (Å²) in [6.07, 6.45) is 2.73. The van der Waals surface area contributed by atoms with Crippen molar-refractivity contribution in [2.75, 3.05) is 119 Å². The first kappa shape index (κ1) is 58.0. The van der Waals surface area contributed by atoms with Gasteiger partial charge in [-0.2, -0.15) is 0 Å². The summed E-state index contributed by atoms with van der Waals surface area (Å²) in [5.74, 6) is 3.99. The molecule has 2 fully saturated rings. The fourth-order valence-electron chi connectivity index (χ4n) is 9.57. The second-order valence-electron chi connectivity index (χ2n) is 19.1. The maximum atomic E-state index is 11.4. The summed E-state index contributed by atoms with van der Waals surface area (Å²) in [5, 5.41) is 20.0. The van der Waals surface area contributed by atoms with Gasteiger partial charge in [-0.15, -0.1) is 0 Å². The van der Waals surface area contributed by atoms with Gasteiger partial charge in [0, 0.05) is 87.7 Å². The molecule has 0 aliphatic carbocycles. The predicted octanol–water partition coefficient (Wildman–Crippen LogP) is 8.99. The number of carbonyl (C=O) groups excluding carboxylic acids is 1. The smallest absolute Gasteiger partial charge is 0.227 e. The van der Waals surface area contributed by atoms with Crippen LogP contribution in [0.25, 0.3) is 67.4 Å². The first-order chi connectivity index (χ1) is 38.7. The van der Waals surface area contributed by atoms with E-state index in [0.717, 1.165) is 158 Å². The summed E-state index contributed by atoms with van der Waals surface area (Å²) in [5.41, 5.74) is 17.1. The van der Waals surface area contributed by atoms with Crippen molar-refractivity contribution in [1.82, 2.24) is 25.1 Å². The van der Waals surface area contributed by atoms with E-state index < -0.39 is 0 Å². The van der Waals surface area contributed by atoms with Gasteiger partial charge in [0.05, 0.1) is 72.6 Å². The first-order valence-corrected chi connectivity index (χ1v) is 27.0. The average Bonchev–Trinajstić information content (AvgIpc) is 4.25. The Balaban J connectivity index is 0.000000195. The number of rotatable bonds is 22. The molecule has 0 amide bonds. The molecule has 2 saturated heterocycles. The molecule has 10 rings (SSSR count). The van der Waals surface area contributed by atoms with E-state index in [-0.39, 0.29) is 13.2 Å². The van der Waals surface area contributed by atoms with E-state index in [9.17, 15) is 4.79 Å². The number of nitrogens with two attached hydrogens (primary N) is 1. The number of fused-ring (bicyclic) bond motifs is 2. The van der Waals surface area contributed by atoms with Crippen LogP contribution in [0.2, 0.25) is 0 Å². The highest BCUT2D eigenvalue weighted by Crippen LogP contribution is 2.38. The minimum Gasteiger partial charge on any atom is -0.496 e. The molecule has 2 aliphatic rings. The highest BCUT2D eigenvalue weighted by atomic mass is 16.5. The normalized spacial score (nSPS) is 13.8. The molecule has 4 heterocycles. The molecule has 5 N–H and O–H groups in total. The largest absolute Gasteiger partial charge is 0.496 e. The molecule has 79 heavy (non-hydrogen) atoms. The molecule has 17 heteroatoms. The van der Waals surface area contributed by atoms with E-state index in [2.05, 4.69) is 70.3 Å². The maximum Gasteiger partial charge on any atom is 0.227 e. The lowest BCUT2D eigenvalue weighted by atomic mass is 9.96. The van der Waals surface area contributed by atoms with Gasteiger partial charge in [0.25, 0.3) is 0 Å². The lowest BCUT2D eigenvalue weighted by molar-refractivity contribution is 0.0357. The van der Waals surface area contributed by atoms with E-state index in [0.29, 0.717) is 72.6 Å². The van der Waals surface area contributed by atoms with Crippen LogP contribution in [0, 0.1) is 13.8 Å². The van der Waals surface area contributed by atoms with E-state index in [1.165, 1.54) is 7.11 Å². The van der Waals surface area contributed by atoms with Crippen LogP contribution in [-0.2, 0) is 16.0 Å². The number of aliphatic hydroxyl groups excluding tert-OH is 2. The fraction of sp³-hybridized carbons (Fsp3) is 0.371. The topological polar surface area (TPSA) is 210 Å². The zero-order valence-corrected chi connectivity index (χ0v) is 45.8. The van der Waals surface area contributed by atoms with Gasteiger partial charge in [-0.1, -0.05) is 48.5 Å². The summed E-state index contributed by atoms with van der Waals surface area (Å²) in [4.78, 5) is 25.7. The number of aromatic nitrogens is 2. The van der Waals surface area contributed by atoms with Gasteiger partial charge in [0.1, 0.15) is 34.0 Å². The monoisotopic (exact) mass is 1080 g/mol. The van der Waals surface area contributed by atoms with Crippen LogP contribution >= 0.6 is 0 Å². The molecule has 0 radical (unpaired) electrons. The van der Waals surface area contributed by atoms with E-state index in [1.807, 2.05) is 60.7 Å². The van der Waals surface area contributed by atoms with Gasteiger partial charge < -0.3 is 58.5 Å². The standard InChI is InChI=1S/C31H37N3O5.C29H30N2O5.C2H7NO/c1-22-26(23-6-3-7-25(18-23)38-15-5-11-34-12-16-37-17-13-34)8-4-9-27(22)31-33-28-19-24(21-32-10-14-35)29(36-2)20-30(28)39-31;1-20-24(21-6-3-7-23(16-21)35-13-5-10-31-11-14-34-15-12-31)8-4-9-25(20)29-30-26-17-22(19-32)27(33-2)18-28(26)36-29;3-1-2-4/h3-4,6-9,18-20,32,35H,5,10-17,21H2,1-2H3;3-4,6-9,16-19H,5,10-15H2,1-2H3;4H,1-3H2. The van der Waals surface area contributed by atoms with Crippen LogP contribution in [0.5, 0.6) is 23.0 Å². The third-order valence-corrected chi connectivity index (χ3v) is 13.8. The van der Waals surface area contributed by atoms with Crippen LogP contribution in [0.4, 0.5) is 0 Å². The molecule has 0 bridgehead atoms. The Morgan fingerprint density at radius 2 is 1.09 bits per heavy atom. The van der Waals surface area contributed by atoms with Crippen molar-refractivity contribution in [1.29, 1.82) is 0 Å². The molecule has 418 valence electrons. The van der Waals surface area contributed by atoms with Crippen LogP contribution in [0.15, 0.2) is 118 Å². The number of aldehydes is 1. The van der Waals surface area contributed by atoms with E-state index >= 15 is 0 Å². The Bertz CT molecular complexity index is 3200. The van der Waals surface area contributed by atoms with Gasteiger partial charge in [-0.3, -0.25) is 14.6 Å². The summed E-state index contributed by atoms with van der Waals surface area (Å²) in [6, 6.07) is 36.0. The van der Waals surface area contributed by atoms with E-state index in [4.69, 9.17) is 58.2 Å². The molecule has 8 aromatic rings. The lowest BCUT2D eigenvalue weighted by Crippen LogP contribution is -2.37. The predicted molar refractivity (Wildman–Crippen MR) is 307 cm³/mol. The summed E-state index contributed by atoms with van der Waals surface area (Å²) in [7, 11) is 3.17. The van der Waals surface area contributed by atoms with Crippen molar-refractivity contribution in [3.8, 4) is 68.2 Å². The zero-order chi connectivity index (χ0) is 55.3. The highest BCUT2D eigenvalue weighted by molar-refractivity contribution is 5.89. The number of hydrogen-bond donors (Lipinski definition) is 4. The highest BCUT2D eigenvalue weighted by Gasteiger charge is 2.19. The van der Waals surface area contributed by atoms with Crippen molar-refractivity contribution in [3.63, 3.8) is 0 Å². The number of morpholine rings is 2. The number of oxazole rings is 2. The van der Waals surface area contributed by atoms with Gasteiger partial charge >= 0.3 is 0 Å². The molecule has 2 aliphatic heterocycles. The van der Waals surface area contributed by atoms with Crippen LogP contribution in [-0.4, -0.2) is 156 Å². The summed E-state index contributed by atoms with van der Waals surface area (Å²) in [6.45, 7) is 16.5. The zero-order valence-electron chi connectivity index (χ0n) is 45.8. The van der Waals surface area contributed by atoms with Gasteiger partial charge in [-0.05, 0) is 109 Å². The average molecular weight is 1080 g/mol. The van der Waals surface area contributed by atoms with E-state index in [1.54, 1.807) is 19.2 Å². The molecular weight excluding hydrogens is 1000 g/mol. The second-order valence-corrected chi connectivity index (χ2v) is 19.1. The van der Waals surface area contributed by atoms with Gasteiger partial charge in [0.2, 0.25) is 11.8 Å². The Kier molecular flexibility index (Phi) is 21.8. The minimum atomic E-state index is 0.0816. The van der Waals surface area contributed by atoms with Crippen molar-refractivity contribution in [2.24, 2.45) is 5.73 Å². The second kappa shape index (κ2) is 29.7. The number of carbonyl (C=O) groups is 1. The first-order valence-electron chi connectivity index (χ1n) is 27.0. The lowest BCUT2D eigenvalue weighted by Gasteiger charge is -2.26. The molecule has 2 aromatic heterocycles. The molecule has 0 spiro atoms. The molecule has 0 saturated carbocycles. The van der Waals surface area contributed by atoms with Crippen molar-refractivity contribution < 1.29 is 52.3 Å². The number of aliphatic hydroxyl groups is 2. The number of benzene rings is 6. The van der Waals surface area contributed by atoms with Crippen LogP contribution in [0.1, 0.15) is 39.9 Å². The molecule has 0 unspecified atom stereocenters. The SMILES string of the molecule is COc1cc2oc(-c3cccc(-c4cccc(OCCCN5CCOCC5)c4)c3C)nc2cc1C=O.COc1cc2oc(-c3cccc(-c4cccc(OCCCN5CCOCC5)c4)c3C)nc2cc1CNCCO.NCCO. The van der Waals surface area contributed by atoms with Crippen LogP contribution < -0.4 is 30.0 Å². The van der Waals surface area contributed by atoms with Crippen molar-refractivity contribution in [2.45, 2.75) is 33.2 Å². The summed E-state index contributed by atoms with van der Waals surface area (Å²) < 4.78 is 46.1. The quantitative estimate of drug-likeness (QED) is 0.0369. The number of ether oxygens (including phenoxy) is 6. The Labute approximate surface area is 462 Å². The fourth-order valence-corrected chi connectivity index (χ4v) is 9.57. The molecule has 17 nitrogen and oxygen atoms in total. The van der Waals surface area contributed by atoms with Crippen molar-refractivity contribution in [3.05, 3.63) is 131 Å². The van der Waals surface area contributed by atoms with Crippen LogP contribution in [0.3, 0.4) is 0 Å². The Morgan fingerprint density at radius 1 is 0.620 bits per heavy atom. The molecule has 6 aromatic carbocycles. The number of nitrogens with zero attached hydrogens (tertiary/aromatic N) is 4. The number of methoxy groups -OCH3 is 2. The van der Waals surface area contributed by atoms with Gasteiger partial charge in [-0.25, -0.2) is 9.97 Å². The molecular formula is C62H74N6O11. The molecule has 0 atom stereocenters. The third kappa shape index (κ3) is 15.6. The van der Waals surface area contributed by atoms with Crippen molar-refractivity contribution >= 4 is 28.5 Å².